The van der Waals surface area contributed by atoms with E-state index in [0.29, 0.717) is 32.5 Å². The molecule has 1 aromatic carbocycles. The minimum atomic E-state index is -0.259. The molecule has 1 N–H and O–H groups in total. The van der Waals surface area contributed by atoms with Gasteiger partial charge in [0.15, 0.2) is 0 Å². The number of carbonyl (C=O) groups excluding carboxylic acids is 2. The highest BCUT2D eigenvalue weighted by Crippen LogP contribution is 2.18. The van der Waals surface area contributed by atoms with Gasteiger partial charge in [0.05, 0.1) is 5.92 Å². The topological polar surface area (TPSA) is 49.4 Å². The van der Waals surface area contributed by atoms with Crippen LogP contribution in [0, 0.1) is 11.7 Å². The SMILES string of the molecule is CCCCNC(=O)[C@@H]1CC(=O)N(CCc2ccc(F)cc2)C1. The highest BCUT2D eigenvalue weighted by Gasteiger charge is 2.33. The number of carbonyl (C=O) groups is 2. The molecule has 0 radical (unpaired) electrons. The predicted molar refractivity (Wildman–Crippen MR) is 82.7 cm³/mol. The third-order valence-corrected chi connectivity index (χ3v) is 4.00. The minimum Gasteiger partial charge on any atom is -0.356 e. The summed E-state index contributed by atoms with van der Waals surface area (Å²) in [6.45, 7) is 3.80. The van der Waals surface area contributed by atoms with Gasteiger partial charge in [-0.05, 0) is 30.5 Å². The summed E-state index contributed by atoms with van der Waals surface area (Å²) in [5, 5.41) is 2.89. The summed E-state index contributed by atoms with van der Waals surface area (Å²) in [7, 11) is 0. The summed E-state index contributed by atoms with van der Waals surface area (Å²) in [6.07, 6.45) is 2.96. The molecule has 1 atom stereocenters. The van der Waals surface area contributed by atoms with Crippen LogP contribution < -0.4 is 5.32 Å². The summed E-state index contributed by atoms with van der Waals surface area (Å²) in [5.41, 5.74) is 0.991. The lowest BCUT2D eigenvalue weighted by molar-refractivity contribution is -0.129. The van der Waals surface area contributed by atoms with Crippen molar-refractivity contribution in [1.82, 2.24) is 10.2 Å². The van der Waals surface area contributed by atoms with Crippen LogP contribution in [0.25, 0.3) is 0 Å². The summed E-state index contributed by atoms with van der Waals surface area (Å²) in [4.78, 5) is 25.7. The number of nitrogens with zero attached hydrogens (tertiary/aromatic N) is 1. The molecular weight excluding hydrogens is 283 g/mol. The Morgan fingerprint density at radius 1 is 1.36 bits per heavy atom. The molecule has 0 aliphatic carbocycles. The van der Waals surface area contributed by atoms with E-state index < -0.39 is 0 Å². The van der Waals surface area contributed by atoms with E-state index in [4.69, 9.17) is 0 Å². The molecule has 120 valence electrons. The van der Waals surface area contributed by atoms with Gasteiger partial charge in [0.2, 0.25) is 11.8 Å². The van der Waals surface area contributed by atoms with Gasteiger partial charge in [-0.25, -0.2) is 4.39 Å². The van der Waals surface area contributed by atoms with Crippen LogP contribution in [0.2, 0.25) is 0 Å². The van der Waals surface area contributed by atoms with Crippen LogP contribution in [0.3, 0.4) is 0 Å². The van der Waals surface area contributed by atoms with Gasteiger partial charge in [0, 0.05) is 26.1 Å². The third kappa shape index (κ3) is 4.55. The molecule has 5 heteroatoms. The van der Waals surface area contributed by atoms with Gasteiger partial charge in [0.25, 0.3) is 0 Å². The van der Waals surface area contributed by atoms with Gasteiger partial charge in [-0.15, -0.1) is 0 Å². The molecule has 1 fully saturated rings. The molecule has 1 aromatic rings. The van der Waals surface area contributed by atoms with Crippen molar-refractivity contribution in [2.75, 3.05) is 19.6 Å². The molecule has 0 bridgehead atoms. The van der Waals surface area contributed by atoms with Crippen LogP contribution >= 0.6 is 0 Å². The van der Waals surface area contributed by atoms with E-state index in [1.54, 1.807) is 17.0 Å². The van der Waals surface area contributed by atoms with Crippen LogP contribution in [0.5, 0.6) is 0 Å². The monoisotopic (exact) mass is 306 g/mol. The Kier molecular flexibility index (Phi) is 5.92. The molecule has 1 saturated heterocycles. The van der Waals surface area contributed by atoms with E-state index in [-0.39, 0.29) is 23.5 Å². The maximum atomic E-state index is 12.8. The van der Waals surface area contributed by atoms with E-state index >= 15 is 0 Å². The van der Waals surface area contributed by atoms with Crippen molar-refractivity contribution in [3.63, 3.8) is 0 Å². The molecule has 2 rings (SSSR count). The lowest BCUT2D eigenvalue weighted by Gasteiger charge is -2.16. The molecule has 22 heavy (non-hydrogen) atoms. The van der Waals surface area contributed by atoms with E-state index in [0.717, 1.165) is 18.4 Å². The molecule has 1 aliphatic heterocycles. The van der Waals surface area contributed by atoms with Crippen LogP contribution in [0.1, 0.15) is 31.7 Å². The molecular formula is C17H23FN2O2. The number of hydrogen-bond donors (Lipinski definition) is 1. The fourth-order valence-electron chi connectivity index (χ4n) is 2.61. The zero-order valence-electron chi connectivity index (χ0n) is 13.0. The Labute approximate surface area is 130 Å². The number of rotatable bonds is 7. The predicted octanol–water partition coefficient (Wildman–Crippen LogP) is 2.13. The first kappa shape index (κ1) is 16.5. The van der Waals surface area contributed by atoms with E-state index in [1.807, 2.05) is 0 Å². The largest absolute Gasteiger partial charge is 0.356 e. The number of unbranched alkanes of at least 4 members (excludes halogenated alkanes) is 1. The highest BCUT2D eigenvalue weighted by atomic mass is 19.1. The summed E-state index contributed by atoms with van der Waals surface area (Å²) in [5.74, 6) is -0.494. The normalized spacial score (nSPS) is 17.8. The highest BCUT2D eigenvalue weighted by molar-refractivity contribution is 5.89. The molecule has 1 aliphatic rings. The molecule has 4 nitrogen and oxygen atoms in total. The number of amides is 2. The average molecular weight is 306 g/mol. The van der Waals surface area contributed by atoms with Crippen LogP contribution in [0.15, 0.2) is 24.3 Å². The van der Waals surface area contributed by atoms with Gasteiger partial charge < -0.3 is 10.2 Å². The summed E-state index contributed by atoms with van der Waals surface area (Å²) >= 11 is 0. The smallest absolute Gasteiger partial charge is 0.225 e. The Morgan fingerprint density at radius 3 is 2.77 bits per heavy atom. The van der Waals surface area contributed by atoms with E-state index in [9.17, 15) is 14.0 Å². The maximum Gasteiger partial charge on any atom is 0.225 e. The van der Waals surface area contributed by atoms with Crippen molar-refractivity contribution in [3.8, 4) is 0 Å². The van der Waals surface area contributed by atoms with E-state index in [1.165, 1.54) is 12.1 Å². The number of halogens is 1. The number of nitrogens with one attached hydrogen (secondary N) is 1. The average Bonchev–Trinajstić information content (AvgIpc) is 2.88. The van der Waals surface area contributed by atoms with Gasteiger partial charge in [-0.3, -0.25) is 9.59 Å². The van der Waals surface area contributed by atoms with Crippen molar-refractivity contribution in [2.24, 2.45) is 5.92 Å². The zero-order chi connectivity index (χ0) is 15.9. The van der Waals surface area contributed by atoms with Crippen molar-refractivity contribution in [1.29, 1.82) is 0 Å². The Balaban J connectivity index is 1.79. The molecule has 0 unspecified atom stereocenters. The number of benzene rings is 1. The fourth-order valence-corrected chi connectivity index (χ4v) is 2.61. The summed E-state index contributed by atoms with van der Waals surface area (Å²) < 4.78 is 12.8. The fraction of sp³-hybridized carbons (Fsp3) is 0.529. The standard InChI is InChI=1S/C17H23FN2O2/c1-2-3-9-19-17(22)14-11-16(21)20(12-14)10-8-13-4-6-15(18)7-5-13/h4-7,14H,2-3,8-12H2,1H3,(H,19,22)/t14-/m1/s1. The molecule has 0 aromatic heterocycles. The quantitative estimate of drug-likeness (QED) is 0.785. The number of likely N-dealkylation sites (tertiary alicyclic amines) is 1. The molecule has 2 amide bonds. The van der Waals surface area contributed by atoms with Gasteiger partial charge >= 0.3 is 0 Å². The van der Waals surface area contributed by atoms with Gasteiger partial charge in [-0.2, -0.15) is 0 Å². The summed E-state index contributed by atoms with van der Waals surface area (Å²) in [6, 6.07) is 6.30. The second-order valence-corrected chi connectivity index (χ2v) is 5.76. The van der Waals surface area contributed by atoms with Gasteiger partial charge in [0.1, 0.15) is 5.82 Å². The van der Waals surface area contributed by atoms with Crippen molar-refractivity contribution < 1.29 is 14.0 Å². The van der Waals surface area contributed by atoms with Crippen molar-refractivity contribution in [3.05, 3.63) is 35.6 Å². The van der Waals surface area contributed by atoms with Crippen LogP contribution in [0.4, 0.5) is 4.39 Å². The van der Waals surface area contributed by atoms with Crippen molar-refractivity contribution in [2.45, 2.75) is 32.6 Å². The zero-order valence-corrected chi connectivity index (χ0v) is 13.0. The first-order valence-electron chi connectivity index (χ1n) is 7.90. The molecule has 0 spiro atoms. The maximum absolute atomic E-state index is 12.8. The minimum absolute atomic E-state index is 0.0221. The second-order valence-electron chi connectivity index (χ2n) is 5.76. The lowest BCUT2D eigenvalue weighted by Crippen LogP contribution is -2.34. The molecule has 0 saturated carbocycles. The first-order valence-corrected chi connectivity index (χ1v) is 7.90. The first-order chi connectivity index (χ1) is 10.6. The Bertz CT molecular complexity index is 516. The Morgan fingerprint density at radius 2 is 2.09 bits per heavy atom. The van der Waals surface area contributed by atoms with Crippen molar-refractivity contribution >= 4 is 11.8 Å². The van der Waals surface area contributed by atoms with Crippen LogP contribution in [-0.4, -0.2) is 36.3 Å². The number of hydrogen-bond acceptors (Lipinski definition) is 2. The Hall–Kier alpha value is -1.91. The van der Waals surface area contributed by atoms with Gasteiger partial charge in [-0.1, -0.05) is 25.5 Å². The molecule has 1 heterocycles. The second kappa shape index (κ2) is 7.92. The third-order valence-electron chi connectivity index (χ3n) is 4.00. The van der Waals surface area contributed by atoms with Crippen LogP contribution in [-0.2, 0) is 16.0 Å². The lowest BCUT2D eigenvalue weighted by atomic mass is 10.1. The van der Waals surface area contributed by atoms with E-state index in [2.05, 4.69) is 12.2 Å².